The molecule has 0 fully saturated rings. The van der Waals surface area contributed by atoms with Gasteiger partial charge in [0, 0.05) is 44.9 Å². The van der Waals surface area contributed by atoms with Crippen LogP contribution in [-0.4, -0.2) is 4.57 Å². The van der Waals surface area contributed by atoms with Crippen molar-refractivity contribution < 1.29 is 0 Å². The molecule has 13 rings (SSSR count). The Morgan fingerprint density at radius 2 is 1.00 bits per heavy atom. The van der Waals surface area contributed by atoms with E-state index in [2.05, 4.69) is 243 Å². The lowest BCUT2D eigenvalue weighted by molar-refractivity contribution is 0.394. The maximum atomic E-state index is 2.51. The van der Waals surface area contributed by atoms with Gasteiger partial charge in [-0.1, -0.05) is 173 Å². The number of aromatic nitrogens is 1. The predicted molar refractivity (Wildman–Crippen MR) is 271 cm³/mol. The van der Waals surface area contributed by atoms with E-state index in [1.54, 1.807) is 0 Å². The van der Waals surface area contributed by atoms with Crippen LogP contribution >= 0.6 is 0 Å². The molecule has 0 N–H and O–H groups in total. The zero-order valence-corrected chi connectivity index (χ0v) is 36.7. The lowest BCUT2D eigenvalue weighted by atomic mass is 9.74. The number of fused-ring (bicyclic) bond motifs is 13. The zero-order valence-electron chi connectivity index (χ0n) is 36.7. The van der Waals surface area contributed by atoms with Crippen LogP contribution in [0, 0.1) is 5.92 Å². The summed E-state index contributed by atoms with van der Waals surface area (Å²) in [5.41, 5.74) is 17.6. The molecule has 3 aliphatic carbocycles. The van der Waals surface area contributed by atoms with Crippen molar-refractivity contribution in [3.05, 3.63) is 229 Å². The van der Waals surface area contributed by atoms with Gasteiger partial charge in [-0.2, -0.15) is 0 Å². The largest absolute Gasteiger partial charge is 0.310 e. The molecule has 2 heteroatoms. The van der Waals surface area contributed by atoms with Crippen molar-refractivity contribution in [3.63, 3.8) is 0 Å². The molecule has 1 heterocycles. The van der Waals surface area contributed by atoms with Crippen LogP contribution in [0.1, 0.15) is 55.9 Å². The van der Waals surface area contributed by atoms with Crippen LogP contribution in [0.3, 0.4) is 0 Å². The van der Waals surface area contributed by atoms with Crippen molar-refractivity contribution in [2.24, 2.45) is 5.92 Å². The average Bonchev–Trinajstić information content (AvgIpc) is 3.89. The van der Waals surface area contributed by atoms with Crippen LogP contribution in [0.25, 0.3) is 71.3 Å². The summed E-state index contributed by atoms with van der Waals surface area (Å²) in [5.74, 6) is 0.861. The second kappa shape index (κ2) is 13.5. The SMILES string of the molecule is CC1(C)c2cc(N(c3ccc(-c4ccccc4)cc3)c3ccc4c(c3)C(C)(C)C3C=CC=CC43)ccc2-c2ccc(-n3c4ccc5ccccc5c4c4c5ccccc5ccc43)cc21. The van der Waals surface area contributed by atoms with Gasteiger partial charge >= 0.3 is 0 Å². The summed E-state index contributed by atoms with van der Waals surface area (Å²) in [5, 5.41) is 7.74. The van der Waals surface area contributed by atoms with Gasteiger partial charge in [-0.05, 0) is 138 Å². The fourth-order valence-electron chi connectivity index (χ4n) is 12.0. The molecule has 0 saturated carbocycles. The summed E-state index contributed by atoms with van der Waals surface area (Å²) in [7, 11) is 0. The highest BCUT2D eigenvalue weighted by Crippen LogP contribution is 2.56. The van der Waals surface area contributed by atoms with Gasteiger partial charge in [0.25, 0.3) is 0 Å². The first-order valence-corrected chi connectivity index (χ1v) is 22.8. The van der Waals surface area contributed by atoms with E-state index < -0.39 is 0 Å². The fourth-order valence-corrected chi connectivity index (χ4v) is 12.0. The van der Waals surface area contributed by atoms with Gasteiger partial charge < -0.3 is 9.47 Å². The van der Waals surface area contributed by atoms with Crippen molar-refractivity contribution in [2.75, 3.05) is 4.90 Å². The first kappa shape index (κ1) is 37.2. The van der Waals surface area contributed by atoms with Crippen molar-refractivity contribution in [3.8, 4) is 27.9 Å². The van der Waals surface area contributed by atoms with Crippen LogP contribution in [0.2, 0.25) is 0 Å². The van der Waals surface area contributed by atoms with Crippen molar-refractivity contribution in [1.29, 1.82) is 0 Å². The predicted octanol–water partition coefficient (Wildman–Crippen LogP) is 16.7. The van der Waals surface area contributed by atoms with Crippen molar-refractivity contribution in [1.82, 2.24) is 4.57 Å². The molecule has 2 nitrogen and oxygen atoms in total. The van der Waals surface area contributed by atoms with Crippen LogP contribution < -0.4 is 4.90 Å². The molecule has 1 aromatic heterocycles. The second-order valence-corrected chi connectivity index (χ2v) is 19.3. The lowest BCUT2D eigenvalue weighted by Crippen LogP contribution is -2.24. The minimum absolute atomic E-state index is 0.00987. The topological polar surface area (TPSA) is 8.17 Å². The number of hydrogen-bond acceptors (Lipinski definition) is 1. The molecule has 2 atom stereocenters. The third-order valence-corrected chi connectivity index (χ3v) is 15.3. The summed E-state index contributed by atoms with van der Waals surface area (Å²) in [4.78, 5) is 2.48. The van der Waals surface area contributed by atoms with E-state index in [-0.39, 0.29) is 10.8 Å². The Bertz CT molecular complexity index is 3520. The third-order valence-electron chi connectivity index (χ3n) is 15.3. The fraction of sp³-hybridized carbons (Fsp3) is 0.129. The third kappa shape index (κ3) is 5.26. The number of benzene rings is 9. The Kier molecular flexibility index (Phi) is 7.86. The molecule has 0 amide bonds. The molecule has 9 aromatic carbocycles. The van der Waals surface area contributed by atoms with Gasteiger partial charge in [-0.25, -0.2) is 0 Å². The quantitative estimate of drug-likeness (QED) is 0.168. The Morgan fingerprint density at radius 1 is 0.453 bits per heavy atom. The standard InChI is InChI=1S/C62H48N2/c1-61(2)53-21-13-12-20-49(53)50-31-28-44(36-54(50)61)63(43-26-22-40(23-27-43)39-14-6-5-7-15-39)45-29-32-51-52-33-30-46(38-56(52)62(3,4)55(51)37-45)64-57-34-24-41-16-8-10-18-47(41)59(57)60-48-19-11-9-17-42(48)25-35-58(60)64/h5-38,49,53H,1-4H3. The van der Waals surface area contributed by atoms with Gasteiger partial charge in [0.2, 0.25) is 0 Å². The average molecular weight is 821 g/mol. The number of rotatable bonds is 5. The van der Waals surface area contributed by atoms with Gasteiger partial charge in [-0.15, -0.1) is 0 Å². The van der Waals surface area contributed by atoms with Crippen LogP contribution in [0.5, 0.6) is 0 Å². The van der Waals surface area contributed by atoms with Crippen molar-refractivity contribution >= 4 is 60.4 Å². The van der Waals surface area contributed by atoms with Gasteiger partial charge in [-0.3, -0.25) is 0 Å². The van der Waals surface area contributed by atoms with E-state index in [9.17, 15) is 0 Å². The highest BCUT2D eigenvalue weighted by atomic mass is 15.1. The number of allylic oxidation sites excluding steroid dienone is 4. The van der Waals surface area contributed by atoms with Gasteiger partial charge in [0.05, 0.1) is 11.0 Å². The first-order chi connectivity index (χ1) is 31.3. The molecular formula is C62H48N2. The maximum Gasteiger partial charge on any atom is 0.0547 e. The Hall–Kier alpha value is -7.42. The monoisotopic (exact) mass is 820 g/mol. The van der Waals surface area contributed by atoms with E-state index in [1.807, 2.05) is 0 Å². The number of hydrogen-bond donors (Lipinski definition) is 0. The summed E-state index contributed by atoms with van der Waals surface area (Å²) >= 11 is 0. The van der Waals surface area contributed by atoms with Crippen LogP contribution in [-0.2, 0) is 10.8 Å². The number of anilines is 3. The summed E-state index contributed by atoms with van der Waals surface area (Å²) in [6, 6.07) is 68.4. The molecule has 10 aromatic rings. The summed E-state index contributed by atoms with van der Waals surface area (Å²) in [6.45, 7) is 9.68. The van der Waals surface area contributed by atoms with Gasteiger partial charge in [0.15, 0.2) is 0 Å². The highest BCUT2D eigenvalue weighted by molar-refractivity contribution is 6.28. The first-order valence-electron chi connectivity index (χ1n) is 22.8. The molecule has 0 saturated heterocycles. The second-order valence-electron chi connectivity index (χ2n) is 19.3. The van der Waals surface area contributed by atoms with Crippen LogP contribution in [0.15, 0.2) is 206 Å². The molecule has 306 valence electrons. The van der Waals surface area contributed by atoms with E-state index in [0.29, 0.717) is 11.8 Å². The molecule has 64 heavy (non-hydrogen) atoms. The zero-order chi connectivity index (χ0) is 42.9. The van der Waals surface area contributed by atoms with Crippen molar-refractivity contribution in [2.45, 2.75) is 44.4 Å². The summed E-state index contributed by atoms with van der Waals surface area (Å²) < 4.78 is 2.51. The molecular weight excluding hydrogens is 773 g/mol. The van der Waals surface area contributed by atoms with E-state index in [0.717, 1.165) is 5.69 Å². The molecule has 0 spiro atoms. The summed E-state index contributed by atoms with van der Waals surface area (Å²) in [6.07, 6.45) is 9.27. The Labute approximate surface area is 375 Å². The Morgan fingerprint density at radius 3 is 1.69 bits per heavy atom. The molecule has 2 unspecified atom stereocenters. The normalized spacial score (nSPS) is 17.5. The molecule has 0 bridgehead atoms. The van der Waals surface area contributed by atoms with Crippen LogP contribution in [0.4, 0.5) is 17.1 Å². The lowest BCUT2D eigenvalue weighted by Gasteiger charge is -2.31. The minimum Gasteiger partial charge on any atom is -0.310 e. The van der Waals surface area contributed by atoms with E-state index >= 15 is 0 Å². The van der Waals surface area contributed by atoms with E-state index in [4.69, 9.17) is 0 Å². The molecule has 3 aliphatic rings. The van der Waals surface area contributed by atoms with E-state index in [1.165, 1.54) is 105 Å². The number of nitrogens with zero attached hydrogens (tertiary/aromatic N) is 2. The smallest absolute Gasteiger partial charge is 0.0547 e. The highest BCUT2D eigenvalue weighted by Gasteiger charge is 2.45. The maximum absolute atomic E-state index is 2.51. The molecule has 0 radical (unpaired) electrons. The Balaban J connectivity index is 0.958. The minimum atomic E-state index is -0.244. The van der Waals surface area contributed by atoms with Gasteiger partial charge in [0.1, 0.15) is 0 Å². The molecule has 0 aliphatic heterocycles.